The Morgan fingerprint density at radius 1 is 1.05 bits per heavy atom. The minimum absolute atomic E-state index is 0.173. The number of piperidine rings is 1. The second kappa shape index (κ2) is 6.39. The van der Waals surface area contributed by atoms with E-state index < -0.39 is 0 Å². The van der Waals surface area contributed by atoms with Crippen molar-refractivity contribution in [1.82, 2.24) is 0 Å². The molecule has 3 rings (SSSR count). The van der Waals surface area contributed by atoms with E-state index in [-0.39, 0.29) is 6.04 Å². The third kappa shape index (κ3) is 3.11. The smallest absolute Gasteiger partial charge is 0.0414 e. The van der Waals surface area contributed by atoms with Crippen LogP contribution >= 0.6 is 0 Å². The van der Waals surface area contributed by atoms with Crippen LogP contribution in [0.2, 0.25) is 0 Å². The number of hydrogen-bond donors (Lipinski definition) is 1. The fourth-order valence-electron chi connectivity index (χ4n) is 4.33. The Balaban J connectivity index is 1.72. The zero-order valence-corrected chi connectivity index (χ0v) is 13.5. The average molecular weight is 286 g/mol. The lowest BCUT2D eigenvalue weighted by atomic mass is 9.68. The summed E-state index contributed by atoms with van der Waals surface area (Å²) < 4.78 is 0. The maximum absolute atomic E-state index is 6.31. The van der Waals surface area contributed by atoms with Gasteiger partial charge >= 0.3 is 0 Å². The normalized spacial score (nSPS) is 23.2. The number of benzene rings is 1. The Labute approximate surface area is 129 Å². The monoisotopic (exact) mass is 286 g/mol. The van der Waals surface area contributed by atoms with Crippen LogP contribution in [0, 0.1) is 5.41 Å². The molecule has 2 nitrogen and oxygen atoms in total. The number of para-hydroxylation sites is 1. The van der Waals surface area contributed by atoms with Gasteiger partial charge in [0.05, 0.1) is 0 Å². The molecule has 1 spiro atoms. The minimum Gasteiger partial charge on any atom is -0.371 e. The van der Waals surface area contributed by atoms with Gasteiger partial charge in [0.2, 0.25) is 0 Å². The molecule has 1 saturated carbocycles. The van der Waals surface area contributed by atoms with Crippen LogP contribution in [0.5, 0.6) is 0 Å². The van der Waals surface area contributed by atoms with Crippen molar-refractivity contribution in [3.05, 3.63) is 29.8 Å². The van der Waals surface area contributed by atoms with Crippen LogP contribution in [0.1, 0.15) is 69.9 Å². The molecule has 21 heavy (non-hydrogen) atoms. The predicted octanol–water partition coefficient (Wildman–Crippen LogP) is 4.65. The van der Waals surface area contributed by atoms with E-state index in [4.69, 9.17) is 5.73 Å². The standard InChI is InChI=1S/C19H30N2/c1-2-17(20)16-8-4-5-9-18(16)21-14-12-19(13-15-21)10-6-3-7-11-19/h4-5,8-9,17H,2-3,6-7,10-15,20H2,1H3/t17-/m0/s1. The van der Waals surface area contributed by atoms with Crippen LogP contribution in [0.4, 0.5) is 5.69 Å². The summed E-state index contributed by atoms with van der Waals surface area (Å²) in [5, 5.41) is 0. The molecule has 0 aromatic heterocycles. The highest BCUT2D eigenvalue weighted by Gasteiger charge is 2.35. The van der Waals surface area contributed by atoms with Gasteiger partial charge in [0, 0.05) is 24.8 Å². The Morgan fingerprint density at radius 2 is 1.71 bits per heavy atom. The first-order valence-corrected chi connectivity index (χ1v) is 8.83. The van der Waals surface area contributed by atoms with Gasteiger partial charge in [0.15, 0.2) is 0 Å². The third-order valence-corrected chi connectivity index (χ3v) is 5.86. The van der Waals surface area contributed by atoms with Gasteiger partial charge in [0.25, 0.3) is 0 Å². The highest BCUT2D eigenvalue weighted by molar-refractivity contribution is 5.55. The van der Waals surface area contributed by atoms with Crippen LogP contribution in [-0.2, 0) is 0 Å². The summed E-state index contributed by atoms with van der Waals surface area (Å²) in [7, 11) is 0. The molecule has 2 aliphatic rings. The van der Waals surface area contributed by atoms with Crippen LogP contribution in [-0.4, -0.2) is 13.1 Å². The SMILES string of the molecule is CC[C@H](N)c1ccccc1N1CCC2(CCCCC2)CC1. The topological polar surface area (TPSA) is 29.3 Å². The number of hydrogen-bond acceptors (Lipinski definition) is 2. The molecule has 2 heteroatoms. The lowest BCUT2D eigenvalue weighted by molar-refractivity contribution is 0.144. The number of nitrogens with two attached hydrogens (primary N) is 1. The van der Waals surface area contributed by atoms with E-state index in [1.165, 1.54) is 69.3 Å². The van der Waals surface area contributed by atoms with Crippen molar-refractivity contribution in [3.8, 4) is 0 Å². The lowest BCUT2D eigenvalue weighted by Gasteiger charge is -2.45. The molecule has 0 amide bonds. The van der Waals surface area contributed by atoms with Crippen LogP contribution < -0.4 is 10.6 Å². The Morgan fingerprint density at radius 3 is 2.38 bits per heavy atom. The van der Waals surface area contributed by atoms with Gasteiger partial charge < -0.3 is 10.6 Å². The number of anilines is 1. The molecular weight excluding hydrogens is 256 g/mol. The van der Waals surface area contributed by atoms with Gasteiger partial charge in [-0.15, -0.1) is 0 Å². The molecule has 1 heterocycles. The molecule has 1 saturated heterocycles. The van der Waals surface area contributed by atoms with E-state index in [1.807, 2.05) is 0 Å². The maximum atomic E-state index is 6.31. The van der Waals surface area contributed by atoms with E-state index in [1.54, 1.807) is 0 Å². The summed E-state index contributed by atoms with van der Waals surface area (Å²) in [6, 6.07) is 8.94. The molecule has 0 unspecified atom stereocenters. The minimum atomic E-state index is 0.173. The largest absolute Gasteiger partial charge is 0.371 e. The van der Waals surface area contributed by atoms with Crippen molar-refractivity contribution in [3.63, 3.8) is 0 Å². The van der Waals surface area contributed by atoms with Gasteiger partial charge in [-0.25, -0.2) is 0 Å². The molecule has 1 aliphatic heterocycles. The molecular formula is C19H30N2. The van der Waals surface area contributed by atoms with Crippen molar-refractivity contribution >= 4 is 5.69 Å². The van der Waals surface area contributed by atoms with Crippen LogP contribution in [0.3, 0.4) is 0 Å². The predicted molar refractivity (Wildman–Crippen MR) is 90.6 cm³/mol. The highest BCUT2D eigenvalue weighted by atomic mass is 15.1. The van der Waals surface area contributed by atoms with Gasteiger partial charge in [0.1, 0.15) is 0 Å². The Hall–Kier alpha value is -1.02. The van der Waals surface area contributed by atoms with E-state index in [0.29, 0.717) is 5.41 Å². The molecule has 2 N–H and O–H groups in total. The van der Waals surface area contributed by atoms with E-state index in [0.717, 1.165) is 6.42 Å². The van der Waals surface area contributed by atoms with Crippen LogP contribution in [0.15, 0.2) is 24.3 Å². The maximum Gasteiger partial charge on any atom is 0.0414 e. The van der Waals surface area contributed by atoms with Crippen molar-refractivity contribution in [2.45, 2.75) is 64.3 Å². The molecule has 2 fully saturated rings. The van der Waals surface area contributed by atoms with Gasteiger partial charge in [-0.05, 0) is 49.1 Å². The molecule has 0 bridgehead atoms. The summed E-state index contributed by atoms with van der Waals surface area (Å²) >= 11 is 0. The number of rotatable bonds is 3. The molecule has 1 atom stereocenters. The van der Waals surface area contributed by atoms with Crippen LogP contribution in [0.25, 0.3) is 0 Å². The van der Waals surface area contributed by atoms with Crippen molar-refractivity contribution < 1.29 is 0 Å². The molecule has 0 radical (unpaired) electrons. The zero-order chi connectivity index (χ0) is 14.7. The average Bonchev–Trinajstić information content (AvgIpc) is 2.56. The molecule has 116 valence electrons. The fourth-order valence-corrected chi connectivity index (χ4v) is 4.33. The van der Waals surface area contributed by atoms with Crippen molar-refractivity contribution in [2.75, 3.05) is 18.0 Å². The molecule has 1 aromatic carbocycles. The molecule has 1 aliphatic carbocycles. The van der Waals surface area contributed by atoms with Gasteiger partial charge in [-0.2, -0.15) is 0 Å². The second-order valence-corrected chi connectivity index (χ2v) is 7.12. The van der Waals surface area contributed by atoms with E-state index in [9.17, 15) is 0 Å². The first-order valence-electron chi connectivity index (χ1n) is 8.83. The second-order valence-electron chi connectivity index (χ2n) is 7.12. The number of nitrogens with zero attached hydrogens (tertiary/aromatic N) is 1. The zero-order valence-electron chi connectivity index (χ0n) is 13.5. The Kier molecular flexibility index (Phi) is 4.54. The summed E-state index contributed by atoms with van der Waals surface area (Å²) in [4.78, 5) is 2.59. The van der Waals surface area contributed by atoms with Crippen molar-refractivity contribution in [1.29, 1.82) is 0 Å². The molecule has 1 aromatic rings. The summed E-state index contributed by atoms with van der Waals surface area (Å²) in [6.07, 6.45) is 11.1. The van der Waals surface area contributed by atoms with E-state index >= 15 is 0 Å². The first kappa shape index (κ1) is 14.9. The fraction of sp³-hybridized carbons (Fsp3) is 0.684. The lowest BCUT2D eigenvalue weighted by Crippen LogP contribution is -2.41. The summed E-state index contributed by atoms with van der Waals surface area (Å²) in [5.74, 6) is 0. The van der Waals surface area contributed by atoms with Gasteiger partial charge in [-0.1, -0.05) is 44.4 Å². The van der Waals surface area contributed by atoms with Crippen molar-refractivity contribution in [2.24, 2.45) is 11.1 Å². The highest BCUT2D eigenvalue weighted by Crippen LogP contribution is 2.45. The quantitative estimate of drug-likeness (QED) is 0.876. The Bertz CT molecular complexity index is 452. The first-order chi connectivity index (χ1) is 10.2. The van der Waals surface area contributed by atoms with E-state index in [2.05, 4.69) is 36.1 Å². The van der Waals surface area contributed by atoms with Gasteiger partial charge in [-0.3, -0.25) is 0 Å². The third-order valence-electron chi connectivity index (χ3n) is 5.86. The summed E-state index contributed by atoms with van der Waals surface area (Å²) in [5.41, 5.74) is 9.71. The summed E-state index contributed by atoms with van der Waals surface area (Å²) in [6.45, 7) is 4.61.